The molecule has 3 N–H and O–H groups in total. The largest absolute Gasteiger partial charge is 0.497 e. The highest BCUT2D eigenvalue weighted by molar-refractivity contribution is 5.79. The van der Waals surface area contributed by atoms with Crippen LogP contribution in [0.3, 0.4) is 0 Å². The molecule has 3 rings (SSSR count). The molecule has 0 bridgehead atoms. The lowest BCUT2D eigenvalue weighted by atomic mass is 10.1. The molecule has 8 heteroatoms. The molecule has 152 valence electrons. The third-order valence-corrected chi connectivity index (χ3v) is 4.52. The summed E-state index contributed by atoms with van der Waals surface area (Å²) in [7, 11) is 3.34. The van der Waals surface area contributed by atoms with Crippen LogP contribution >= 0.6 is 0 Å². The summed E-state index contributed by atoms with van der Waals surface area (Å²) < 4.78 is 18.4. The molecule has 0 fully saturated rings. The Labute approximate surface area is 169 Å². The lowest BCUT2D eigenvalue weighted by molar-refractivity contribution is 0.415. The van der Waals surface area contributed by atoms with E-state index in [0.717, 1.165) is 28.9 Å². The summed E-state index contributed by atoms with van der Waals surface area (Å²) in [6, 6.07) is 12.4. The molecule has 2 aromatic carbocycles. The molecule has 3 aromatic rings. The predicted octanol–water partition coefficient (Wildman–Crippen LogP) is 2.84. The van der Waals surface area contributed by atoms with Gasteiger partial charge < -0.3 is 15.4 Å². The van der Waals surface area contributed by atoms with Crippen LogP contribution in [-0.2, 0) is 13.0 Å². The first-order chi connectivity index (χ1) is 14.1. The van der Waals surface area contributed by atoms with Crippen LogP contribution in [-0.4, -0.2) is 41.8 Å². The fraction of sp³-hybridized carbons (Fsp3) is 0.286. The molecule has 0 aliphatic carbocycles. The number of aromatic nitrogens is 3. The summed E-state index contributed by atoms with van der Waals surface area (Å²) in [5.41, 5.74) is 2.96. The van der Waals surface area contributed by atoms with E-state index >= 15 is 0 Å². The van der Waals surface area contributed by atoms with Crippen molar-refractivity contribution in [2.75, 3.05) is 20.7 Å². The van der Waals surface area contributed by atoms with Crippen LogP contribution in [0.5, 0.6) is 5.75 Å². The number of ether oxygens (including phenoxy) is 1. The van der Waals surface area contributed by atoms with Gasteiger partial charge in [-0.05, 0) is 60.9 Å². The zero-order valence-corrected chi connectivity index (χ0v) is 16.8. The number of H-pyrrole nitrogens is 1. The van der Waals surface area contributed by atoms with Crippen LogP contribution < -0.4 is 15.4 Å². The van der Waals surface area contributed by atoms with E-state index in [0.29, 0.717) is 30.7 Å². The summed E-state index contributed by atoms with van der Waals surface area (Å²) in [6.07, 6.45) is 0.775. The average Bonchev–Trinajstić information content (AvgIpc) is 3.21. The number of hydrogen-bond donors (Lipinski definition) is 3. The molecule has 29 heavy (non-hydrogen) atoms. The molecule has 7 nitrogen and oxygen atoms in total. The Balaban J connectivity index is 1.49. The molecule has 0 aliphatic rings. The molecular formula is C21H25FN6O. The fourth-order valence-electron chi connectivity index (χ4n) is 2.89. The maximum Gasteiger partial charge on any atom is 0.191 e. The summed E-state index contributed by atoms with van der Waals surface area (Å²) in [6.45, 7) is 3.05. The van der Waals surface area contributed by atoms with Gasteiger partial charge in [-0.25, -0.2) is 9.37 Å². The van der Waals surface area contributed by atoms with Crippen molar-refractivity contribution in [3.63, 3.8) is 0 Å². The molecule has 0 spiro atoms. The second-order valence-electron chi connectivity index (χ2n) is 6.51. The lowest BCUT2D eigenvalue weighted by Crippen LogP contribution is -2.38. The Kier molecular flexibility index (Phi) is 6.78. The first-order valence-corrected chi connectivity index (χ1v) is 9.34. The van der Waals surface area contributed by atoms with E-state index in [1.807, 2.05) is 37.3 Å². The molecule has 0 radical (unpaired) electrons. The summed E-state index contributed by atoms with van der Waals surface area (Å²) in [5, 5.41) is 13.6. The van der Waals surface area contributed by atoms with Gasteiger partial charge in [0.05, 0.1) is 13.7 Å². The number of hydrogen-bond acceptors (Lipinski definition) is 4. The van der Waals surface area contributed by atoms with Gasteiger partial charge in [-0.1, -0.05) is 6.07 Å². The number of rotatable bonds is 7. The zero-order chi connectivity index (χ0) is 20.6. The number of guanidine groups is 1. The second kappa shape index (κ2) is 9.68. The number of benzene rings is 2. The van der Waals surface area contributed by atoms with Gasteiger partial charge in [0.2, 0.25) is 0 Å². The van der Waals surface area contributed by atoms with Gasteiger partial charge in [0, 0.05) is 19.2 Å². The fourth-order valence-corrected chi connectivity index (χ4v) is 2.89. The Morgan fingerprint density at radius 3 is 2.66 bits per heavy atom. The Morgan fingerprint density at radius 1 is 1.17 bits per heavy atom. The number of nitrogens with zero attached hydrogens (tertiary/aromatic N) is 3. The van der Waals surface area contributed by atoms with Crippen LogP contribution in [0.2, 0.25) is 0 Å². The van der Waals surface area contributed by atoms with Crippen molar-refractivity contribution in [3.8, 4) is 17.1 Å². The quantitative estimate of drug-likeness (QED) is 0.422. The smallest absolute Gasteiger partial charge is 0.191 e. The molecule has 0 amide bonds. The molecular weight excluding hydrogens is 371 g/mol. The Bertz CT molecular complexity index is 968. The van der Waals surface area contributed by atoms with Crippen molar-refractivity contribution >= 4 is 5.96 Å². The maximum atomic E-state index is 13.2. The van der Waals surface area contributed by atoms with Gasteiger partial charge in [0.1, 0.15) is 17.4 Å². The van der Waals surface area contributed by atoms with Crippen LogP contribution in [0.1, 0.15) is 17.0 Å². The normalized spacial score (nSPS) is 11.4. The number of aryl methyl sites for hydroxylation is 1. The number of nitrogens with one attached hydrogen (secondary N) is 3. The third kappa shape index (κ3) is 5.54. The Hall–Kier alpha value is -3.42. The summed E-state index contributed by atoms with van der Waals surface area (Å²) in [4.78, 5) is 8.72. The second-order valence-corrected chi connectivity index (χ2v) is 6.51. The van der Waals surface area contributed by atoms with Gasteiger partial charge >= 0.3 is 0 Å². The van der Waals surface area contributed by atoms with Crippen molar-refractivity contribution < 1.29 is 9.13 Å². The van der Waals surface area contributed by atoms with Crippen LogP contribution in [0.4, 0.5) is 4.39 Å². The monoisotopic (exact) mass is 396 g/mol. The minimum atomic E-state index is -0.210. The van der Waals surface area contributed by atoms with E-state index < -0.39 is 0 Å². The highest BCUT2D eigenvalue weighted by atomic mass is 19.1. The van der Waals surface area contributed by atoms with E-state index in [4.69, 9.17) is 4.74 Å². The van der Waals surface area contributed by atoms with Gasteiger partial charge in [-0.2, -0.15) is 5.10 Å². The van der Waals surface area contributed by atoms with Crippen molar-refractivity contribution in [2.24, 2.45) is 4.99 Å². The van der Waals surface area contributed by atoms with Crippen LogP contribution in [0, 0.1) is 12.7 Å². The summed E-state index contributed by atoms with van der Waals surface area (Å²) in [5.74, 6) is 2.56. The van der Waals surface area contributed by atoms with E-state index in [2.05, 4.69) is 30.8 Å². The number of aliphatic imine (C=N–C) groups is 1. The molecule has 0 saturated carbocycles. The van der Waals surface area contributed by atoms with E-state index in [1.54, 1.807) is 20.2 Å². The first-order valence-electron chi connectivity index (χ1n) is 9.34. The minimum absolute atomic E-state index is 0.210. The first kappa shape index (κ1) is 20.3. The summed E-state index contributed by atoms with van der Waals surface area (Å²) >= 11 is 0. The number of aromatic amines is 1. The highest BCUT2D eigenvalue weighted by Crippen LogP contribution is 2.18. The van der Waals surface area contributed by atoms with Crippen molar-refractivity contribution in [1.29, 1.82) is 0 Å². The minimum Gasteiger partial charge on any atom is -0.497 e. The van der Waals surface area contributed by atoms with Gasteiger partial charge in [-0.15, -0.1) is 0 Å². The van der Waals surface area contributed by atoms with E-state index in [-0.39, 0.29) is 5.82 Å². The molecule has 1 aromatic heterocycles. The van der Waals surface area contributed by atoms with Gasteiger partial charge in [0.25, 0.3) is 0 Å². The SMILES string of the molecule is CN=C(NCCc1ccc(F)cc1C)NCc1nc(-c2ccc(OC)cc2)n[nH]1. The maximum absolute atomic E-state index is 13.2. The van der Waals surface area contributed by atoms with E-state index in [1.165, 1.54) is 6.07 Å². The molecule has 1 heterocycles. The average molecular weight is 396 g/mol. The topological polar surface area (TPSA) is 87.2 Å². The molecule has 0 aliphatic heterocycles. The molecule has 0 atom stereocenters. The van der Waals surface area contributed by atoms with Gasteiger partial charge in [-0.3, -0.25) is 10.1 Å². The third-order valence-electron chi connectivity index (χ3n) is 4.52. The number of methoxy groups -OCH3 is 1. The van der Waals surface area contributed by atoms with E-state index in [9.17, 15) is 4.39 Å². The zero-order valence-electron chi connectivity index (χ0n) is 16.8. The van der Waals surface area contributed by atoms with Crippen molar-refractivity contribution in [2.45, 2.75) is 19.9 Å². The number of halogens is 1. The van der Waals surface area contributed by atoms with Crippen LogP contribution in [0.25, 0.3) is 11.4 Å². The molecule has 0 saturated heterocycles. The Morgan fingerprint density at radius 2 is 1.97 bits per heavy atom. The van der Waals surface area contributed by atoms with Crippen LogP contribution in [0.15, 0.2) is 47.5 Å². The highest BCUT2D eigenvalue weighted by Gasteiger charge is 2.07. The van der Waals surface area contributed by atoms with Crippen molar-refractivity contribution in [3.05, 3.63) is 65.2 Å². The molecule has 0 unspecified atom stereocenters. The lowest BCUT2D eigenvalue weighted by Gasteiger charge is -2.11. The van der Waals surface area contributed by atoms with Crippen molar-refractivity contribution in [1.82, 2.24) is 25.8 Å². The standard InChI is InChI=1S/C21H25FN6O/c1-14-12-17(22)7-4-15(14)10-11-24-21(23-2)25-13-19-26-20(28-27-19)16-5-8-18(29-3)9-6-16/h4-9,12H,10-11,13H2,1-3H3,(H2,23,24,25)(H,26,27,28). The predicted molar refractivity (Wildman–Crippen MR) is 111 cm³/mol. The van der Waals surface area contributed by atoms with Gasteiger partial charge in [0.15, 0.2) is 11.8 Å².